The third-order valence-electron chi connectivity index (χ3n) is 4.82. The van der Waals surface area contributed by atoms with Crippen LogP contribution in [0.4, 0.5) is 5.69 Å². The van der Waals surface area contributed by atoms with Gasteiger partial charge in [0.25, 0.3) is 5.91 Å². The van der Waals surface area contributed by atoms with Gasteiger partial charge in [0, 0.05) is 23.1 Å². The molecule has 0 aliphatic rings. The molecule has 0 saturated heterocycles. The van der Waals surface area contributed by atoms with E-state index in [4.69, 9.17) is 9.47 Å². The maximum atomic E-state index is 13.1. The first-order valence-corrected chi connectivity index (χ1v) is 10.5. The summed E-state index contributed by atoms with van der Waals surface area (Å²) in [6.45, 7) is 11.6. The zero-order chi connectivity index (χ0) is 20.6. The lowest BCUT2D eigenvalue weighted by molar-refractivity contribution is -0.140. The van der Waals surface area contributed by atoms with Crippen LogP contribution in [0, 0.1) is 5.92 Å². The molecular weight excluding hydrogens is 350 g/mol. The van der Waals surface area contributed by atoms with Crippen molar-refractivity contribution < 1.29 is 14.3 Å². The van der Waals surface area contributed by atoms with E-state index < -0.39 is 5.60 Å². The fraction of sp³-hybridized carbons (Fsp3) is 0.542. The Labute approximate surface area is 169 Å². The van der Waals surface area contributed by atoms with Crippen LogP contribution in [0.15, 0.2) is 36.4 Å². The van der Waals surface area contributed by atoms with E-state index in [1.807, 2.05) is 43.3 Å². The highest BCUT2D eigenvalue weighted by molar-refractivity contribution is 6.06. The number of carbonyl (C=O) groups excluding carboxylic acids is 1. The van der Waals surface area contributed by atoms with E-state index in [0.717, 1.165) is 41.5 Å². The van der Waals surface area contributed by atoms with Crippen LogP contribution in [-0.4, -0.2) is 24.7 Å². The zero-order valence-corrected chi connectivity index (χ0v) is 18.0. The van der Waals surface area contributed by atoms with Gasteiger partial charge in [-0.05, 0) is 37.8 Å². The molecule has 0 saturated carbocycles. The minimum Gasteiger partial charge on any atom is -0.493 e. The number of hydrogen-bond acceptors (Lipinski definition) is 3. The second kappa shape index (κ2) is 10.5. The summed E-state index contributed by atoms with van der Waals surface area (Å²) < 4.78 is 12.0. The van der Waals surface area contributed by atoms with Gasteiger partial charge in [0.1, 0.15) is 11.4 Å². The quantitative estimate of drug-likeness (QED) is 0.502. The van der Waals surface area contributed by atoms with Gasteiger partial charge in [-0.15, -0.1) is 0 Å². The summed E-state index contributed by atoms with van der Waals surface area (Å²) in [4.78, 5) is 13.1. The van der Waals surface area contributed by atoms with Gasteiger partial charge in [0.15, 0.2) is 0 Å². The number of fused-ring (bicyclic) bond motifs is 1. The number of carbonyl (C=O) groups is 1. The van der Waals surface area contributed by atoms with Crippen LogP contribution in [-0.2, 0) is 9.53 Å². The van der Waals surface area contributed by atoms with Crippen molar-refractivity contribution in [3.8, 4) is 5.75 Å². The van der Waals surface area contributed by atoms with Crippen molar-refractivity contribution in [1.29, 1.82) is 0 Å². The smallest absolute Gasteiger partial charge is 0.256 e. The molecule has 0 radical (unpaired) electrons. The standard InChI is InChI=1S/C24H35NO3/c1-6-8-15-24(5,28-16-7-2)23(26)25-21-13-14-22(27-17-18(3)4)20-12-10-9-11-19(20)21/h9-14,18H,6-8,15-17H2,1-5H3,(H,25,26)/t24-/m0/s1. The lowest BCUT2D eigenvalue weighted by Gasteiger charge is -2.29. The third kappa shape index (κ3) is 5.71. The fourth-order valence-electron chi connectivity index (χ4n) is 3.11. The molecule has 1 amide bonds. The van der Waals surface area contributed by atoms with Crippen LogP contribution < -0.4 is 10.1 Å². The van der Waals surface area contributed by atoms with Gasteiger partial charge >= 0.3 is 0 Å². The van der Waals surface area contributed by atoms with Crippen molar-refractivity contribution in [3.05, 3.63) is 36.4 Å². The maximum Gasteiger partial charge on any atom is 0.256 e. The minimum atomic E-state index is -0.820. The van der Waals surface area contributed by atoms with E-state index in [1.54, 1.807) is 0 Å². The Balaban J connectivity index is 2.29. The molecule has 2 rings (SSSR count). The molecule has 0 aromatic heterocycles. The summed E-state index contributed by atoms with van der Waals surface area (Å²) in [6.07, 6.45) is 3.59. The molecule has 28 heavy (non-hydrogen) atoms. The summed E-state index contributed by atoms with van der Waals surface area (Å²) in [6, 6.07) is 11.9. The molecule has 4 heteroatoms. The molecule has 1 N–H and O–H groups in total. The van der Waals surface area contributed by atoms with Crippen LogP contribution in [0.25, 0.3) is 10.8 Å². The number of amides is 1. The summed E-state index contributed by atoms with van der Waals surface area (Å²) in [5.74, 6) is 1.21. The number of nitrogens with one attached hydrogen (secondary N) is 1. The van der Waals surface area contributed by atoms with E-state index in [2.05, 4.69) is 33.0 Å². The Bertz CT molecular complexity index is 762. The van der Waals surface area contributed by atoms with E-state index in [1.165, 1.54) is 0 Å². The van der Waals surface area contributed by atoms with Crippen LogP contribution >= 0.6 is 0 Å². The van der Waals surface area contributed by atoms with Gasteiger partial charge in [-0.25, -0.2) is 0 Å². The highest BCUT2D eigenvalue weighted by Gasteiger charge is 2.33. The zero-order valence-electron chi connectivity index (χ0n) is 18.0. The Kier molecular flexibility index (Phi) is 8.31. The van der Waals surface area contributed by atoms with E-state index >= 15 is 0 Å². The van der Waals surface area contributed by atoms with Crippen molar-refractivity contribution in [1.82, 2.24) is 0 Å². The average Bonchev–Trinajstić information content (AvgIpc) is 2.69. The van der Waals surface area contributed by atoms with Crippen molar-refractivity contribution in [2.24, 2.45) is 5.92 Å². The molecule has 2 aromatic rings. The lowest BCUT2D eigenvalue weighted by atomic mass is 9.97. The van der Waals surface area contributed by atoms with Gasteiger partial charge < -0.3 is 14.8 Å². The van der Waals surface area contributed by atoms with Crippen molar-refractivity contribution in [2.45, 2.75) is 65.9 Å². The normalized spacial score (nSPS) is 13.5. The summed E-state index contributed by atoms with van der Waals surface area (Å²) >= 11 is 0. The van der Waals surface area contributed by atoms with Crippen LogP contribution in [0.1, 0.15) is 60.3 Å². The van der Waals surface area contributed by atoms with Gasteiger partial charge in [-0.3, -0.25) is 4.79 Å². The molecule has 1 atom stereocenters. The predicted molar refractivity (Wildman–Crippen MR) is 117 cm³/mol. The molecule has 0 heterocycles. The highest BCUT2D eigenvalue weighted by Crippen LogP contribution is 2.33. The molecule has 0 bridgehead atoms. The second-order valence-corrected chi connectivity index (χ2v) is 8.00. The molecule has 0 unspecified atom stereocenters. The number of ether oxygens (including phenoxy) is 2. The Morgan fingerprint density at radius 1 is 1.07 bits per heavy atom. The number of anilines is 1. The van der Waals surface area contributed by atoms with E-state index in [0.29, 0.717) is 25.6 Å². The van der Waals surface area contributed by atoms with Gasteiger partial charge in [-0.2, -0.15) is 0 Å². The monoisotopic (exact) mass is 385 g/mol. The summed E-state index contributed by atoms with van der Waals surface area (Å²) in [5, 5.41) is 5.10. The maximum absolute atomic E-state index is 13.1. The van der Waals surface area contributed by atoms with Crippen molar-refractivity contribution in [2.75, 3.05) is 18.5 Å². The third-order valence-corrected chi connectivity index (χ3v) is 4.82. The first kappa shape index (κ1) is 22.2. The molecule has 0 fully saturated rings. The Morgan fingerprint density at radius 2 is 1.79 bits per heavy atom. The van der Waals surface area contributed by atoms with E-state index in [-0.39, 0.29) is 5.91 Å². The van der Waals surface area contributed by atoms with Gasteiger partial charge in [0.05, 0.1) is 6.61 Å². The van der Waals surface area contributed by atoms with E-state index in [9.17, 15) is 4.79 Å². The first-order valence-electron chi connectivity index (χ1n) is 10.5. The lowest BCUT2D eigenvalue weighted by Crippen LogP contribution is -2.43. The molecular formula is C24H35NO3. The second-order valence-electron chi connectivity index (χ2n) is 8.00. The van der Waals surface area contributed by atoms with Crippen LogP contribution in [0.5, 0.6) is 5.75 Å². The molecule has 154 valence electrons. The summed E-state index contributed by atoms with van der Waals surface area (Å²) in [5.41, 5.74) is -0.0275. The number of unbranched alkanes of at least 4 members (excludes halogenated alkanes) is 1. The molecule has 0 aliphatic heterocycles. The van der Waals surface area contributed by atoms with Crippen molar-refractivity contribution in [3.63, 3.8) is 0 Å². The van der Waals surface area contributed by atoms with Crippen LogP contribution in [0.3, 0.4) is 0 Å². The molecule has 4 nitrogen and oxygen atoms in total. The number of rotatable bonds is 11. The Hall–Kier alpha value is -2.07. The Morgan fingerprint density at radius 3 is 2.43 bits per heavy atom. The predicted octanol–water partition coefficient (Wildman–Crippen LogP) is 6.19. The minimum absolute atomic E-state index is 0.0876. The first-order chi connectivity index (χ1) is 13.4. The molecule has 0 spiro atoms. The largest absolute Gasteiger partial charge is 0.493 e. The fourth-order valence-corrected chi connectivity index (χ4v) is 3.11. The summed E-state index contributed by atoms with van der Waals surface area (Å²) in [7, 11) is 0. The highest BCUT2D eigenvalue weighted by atomic mass is 16.5. The van der Waals surface area contributed by atoms with Crippen LogP contribution in [0.2, 0.25) is 0 Å². The molecule has 2 aromatic carbocycles. The van der Waals surface area contributed by atoms with Gasteiger partial charge in [0.2, 0.25) is 0 Å². The SMILES string of the molecule is CCCC[C@](C)(OCCC)C(=O)Nc1ccc(OCC(C)C)c2ccccc12. The number of benzene rings is 2. The molecule has 0 aliphatic carbocycles. The number of hydrogen-bond donors (Lipinski definition) is 1. The van der Waals surface area contributed by atoms with Crippen molar-refractivity contribution >= 4 is 22.4 Å². The van der Waals surface area contributed by atoms with Gasteiger partial charge in [-0.1, -0.05) is 64.8 Å². The topological polar surface area (TPSA) is 47.6 Å². The average molecular weight is 386 g/mol.